The SMILES string of the molecule is CCOCC(C)C(=O)c1ccc(C(C)(C)OC)cc1.CC[O]. The molecule has 1 aromatic carbocycles. The van der Waals surface area contributed by atoms with Crippen molar-refractivity contribution in [2.75, 3.05) is 26.9 Å². The fourth-order valence-electron chi connectivity index (χ4n) is 1.81. The van der Waals surface area contributed by atoms with Crippen LogP contribution < -0.4 is 0 Å². The van der Waals surface area contributed by atoms with E-state index in [1.165, 1.54) is 0 Å². The maximum absolute atomic E-state index is 12.2. The van der Waals surface area contributed by atoms with E-state index in [4.69, 9.17) is 14.6 Å². The van der Waals surface area contributed by atoms with Crippen molar-refractivity contribution in [1.29, 1.82) is 0 Å². The van der Waals surface area contributed by atoms with E-state index in [1.54, 1.807) is 14.0 Å². The summed E-state index contributed by atoms with van der Waals surface area (Å²) in [5, 5.41) is 8.93. The third kappa shape index (κ3) is 6.69. The Kier molecular flexibility index (Phi) is 9.90. The number of ketones is 1. The van der Waals surface area contributed by atoms with Gasteiger partial charge in [-0.3, -0.25) is 4.79 Å². The molecule has 0 amide bonds. The molecule has 125 valence electrons. The molecule has 0 spiro atoms. The molecule has 0 saturated carbocycles. The molecule has 1 aromatic rings. The van der Waals surface area contributed by atoms with Crippen LogP contribution in [0.4, 0.5) is 0 Å². The lowest BCUT2D eigenvalue weighted by Gasteiger charge is -2.23. The zero-order chi connectivity index (χ0) is 17.2. The van der Waals surface area contributed by atoms with Crippen LogP contribution >= 0.6 is 0 Å². The van der Waals surface area contributed by atoms with E-state index in [0.29, 0.717) is 13.2 Å². The Morgan fingerprint density at radius 1 is 1.18 bits per heavy atom. The Hall–Kier alpha value is -1.23. The summed E-state index contributed by atoms with van der Waals surface area (Å²) >= 11 is 0. The maximum atomic E-state index is 12.2. The highest BCUT2D eigenvalue weighted by molar-refractivity contribution is 5.97. The third-order valence-electron chi connectivity index (χ3n) is 3.39. The summed E-state index contributed by atoms with van der Waals surface area (Å²) in [4.78, 5) is 12.2. The fourth-order valence-corrected chi connectivity index (χ4v) is 1.81. The van der Waals surface area contributed by atoms with Crippen molar-refractivity contribution in [2.45, 2.75) is 40.2 Å². The van der Waals surface area contributed by atoms with Gasteiger partial charge in [-0.2, -0.15) is 0 Å². The Balaban J connectivity index is 0.00000135. The van der Waals surface area contributed by atoms with Gasteiger partial charge in [0.05, 0.1) is 18.8 Å². The normalized spacial score (nSPS) is 12.3. The van der Waals surface area contributed by atoms with Crippen molar-refractivity contribution in [3.8, 4) is 0 Å². The first kappa shape index (κ1) is 20.8. The number of carbonyl (C=O) groups excluding carboxylic acids is 1. The van der Waals surface area contributed by atoms with Gasteiger partial charge in [-0.05, 0) is 33.3 Å². The zero-order valence-electron chi connectivity index (χ0n) is 14.6. The predicted octanol–water partition coefficient (Wildman–Crippen LogP) is 3.86. The molecule has 0 aliphatic carbocycles. The first-order chi connectivity index (χ1) is 10.3. The highest BCUT2D eigenvalue weighted by Crippen LogP contribution is 2.24. The van der Waals surface area contributed by atoms with Crippen LogP contribution in [0.25, 0.3) is 0 Å². The number of ether oxygens (including phenoxy) is 2. The van der Waals surface area contributed by atoms with Gasteiger partial charge >= 0.3 is 0 Å². The molecule has 0 aliphatic rings. The minimum Gasteiger partial charge on any atom is -0.381 e. The van der Waals surface area contributed by atoms with Crippen molar-refractivity contribution in [1.82, 2.24) is 0 Å². The number of hydrogen-bond donors (Lipinski definition) is 0. The maximum Gasteiger partial charge on any atom is 0.167 e. The second-order valence-electron chi connectivity index (χ2n) is 5.51. The van der Waals surface area contributed by atoms with Gasteiger partial charge in [-0.25, -0.2) is 5.11 Å². The summed E-state index contributed by atoms with van der Waals surface area (Å²) < 4.78 is 10.7. The number of benzene rings is 1. The summed E-state index contributed by atoms with van der Waals surface area (Å²) in [6, 6.07) is 7.62. The molecule has 1 atom stereocenters. The molecule has 0 fully saturated rings. The summed E-state index contributed by atoms with van der Waals surface area (Å²) in [5.41, 5.74) is 1.45. The molecule has 0 aromatic heterocycles. The minimum absolute atomic E-state index is 0. The smallest absolute Gasteiger partial charge is 0.167 e. The molecule has 0 N–H and O–H groups in total. The molecule has 4 heteroatoms. The van der Waals surface area contributed by atoms with Crippen LogP contribution in [-0.2, 0) is 20.2 Å². The molecule has 0 heterocycles. The largest absolute Gasteiger partial charge is 0.381 e. The van der Waals surface area contributed by atoms with Crippen LogP contribution in [0, 0.1) is 5.92 Å². The minimum atomic E-state index is -0.335. The second kappa shape index (κ2) is 10.5. The van der Waals surface area contributed by atoms with E-state index in [2.05, 4.69) is 0 Å². The molecule has 0 bridgehead atoms. The van der Waals surface area contributed by atoms with Gasteiger partial charge in [-0.15, -0.1) is 0 Å². The number of methoxy groups -OCH3 is 1. The predicted molar refractivity (Wildman–Crippen MR) is 87.7 cm³/mol. The molecule has 1 unspecified atom stereocenters. The van der Waals surface area contributed by atoms with Gasteiger partial charge in [0.2, 0.25) is 0 Å². The van der Waals surface area contributed by atoms with Gasteiger partial charge in [0, 0.05) is 25.2 Å². The number of hydrogen-bond acceptors (Lipinski definition) is 3. The number of carbonyl (C=O) groups is 1. The molecular formula is C18H29O4. The zero-order valence-corrected chi connectivity index (χ0v) is 14.6. The van der Waals surface area contributed by atoms with Crippen molar-refractivity contribution in [3.63, 3.8) is 0 Å². The average molecular weight is 309 g/mol. The topological polar surface area (TPSA) is 55.4 Å². The highest BCUT2D eigenvalue weighted by Gasteiger charge is 2.20. The van der Waals surface area contributed by atoms with Crippen LogP contribution in [0.2, 0.25) is 0 Å². The van der Waals surface area contributed by atoms with Gasteiger partial charge in [-0.1, -0.05) is 31.2 Å². The lowest BCUT2D eigenvalue weighted by atomic mass is 9.94. The molecule has 1 radical (unpaired) electrons. The quantitative estimate of drug-likeness (QED) is 0.719. The Bertz CT molecular complexity index is 423. The van der Waals surface area contributed by atoms with Gasteiger partial charge in [0.25, 0.3) is 0 Å². The first-order valence-corrected chi connectivity index (χ1v) is 7.69. The summed E-state index contributed by atoms with van der Waals surface area (Å²) in [6.07, 6.45) is 0. The Labute approximate surface area is 134 Å². The van der Waals surface area contributed by atoms with Crippen LogP contribution in [0.15, 0.2) is 24.3 Å². The van der Waals surface area contributed by atoms with Crippen LogP contribution in [0.3, 0.4) is 0 Å². The summed E-state index contributed by atoms with van der Waals surface area (Å²) in [6.45, 7) is 10.5. The average Bonchev–Trinajstić information content (AvgIpc) is 2.52. The van der Waals surface area contributed by atoms with E-state index < -0.39 is 0 Å². The van der Waals surface area contributed by atoms with Crippen molar-refractivity contribution >= 4 is 5.78 Å². The van der Waals surface area contributed by atoms with Gasteiger partial charge < -0.3 is 9.47 Å². The van der Waals surface area contributed by atoms with E-state index in [9.17, 15) is 4.79 Å². The lowest BCUT2D eigenvalue weighted by molar-refractivity contribution is 0.0192. The van der Waals surface area contributed by atoms with Crippen LogP contribution in [-0.4, -0.2) is 32.7 Å². The Morgan fingerprint density at radius 3 is 2.09 bits per heavy atom. The standard InChI is InChI=1S/C16H24O3.C2H5O/c1-6-19-11-12(2)15(17)13-7-9-14(10-8-13)16(3,4)18-5;1-2-3/h7-10,12H,6,11H2,1-5H3;2H2,1H3. The van der Waals surface area contributed by atoms with Crippen molar-refractivity contribution in [2.24, 2.45) is 5.92 Å². The molecular weight excluding hydrogens is 280 g/mol. The van der Waals surface area contributed by atoms with Gasteiger partial charge in [0.15, 0.2) is 5.78 Å². The van der Waals surface area contributed by atoms with E-state index >= 15 is 0 Å². The molecule has 4 nitrogen and oxygen atoms in total. The van der Waals surface area contributed by atoms with Crippen molar-refractivity contribution < 1.29 is 19.4 Å². The first-order valence-electron chi connectivity index (χ1n) is 7.69. The van der Waals surface area contributed by atoms with Gasteiger partial charge in [0.1, 0.15) is 0 Å². The number of rotatable bonds is 7. The van der Waals surface area contributed by atoms with Crippen molar-refractivity contribution in [3.05, 3.63) is 35.4 Å². The third-order valence-corrected chi connectivity index (χ3v) is 3.39. The van der Waals surface area contributed by atoms with E-state index in [0.717, 1.165) is 11.1 Å². The molecule has 1 rings (SSSR count). The molecule has 0 saturated heterocycles. The monoisotopic (exact) mass is 309 g/mol. The van der Waals surface area contributed by atoms with Crippen LogP contribution in [0.5, 0.6) is 0 Å². The highest BCUT2D eigenvalue weighted by atomic mass is 16.5. The molecule has 22 heavy (non-hydrogen) atoms. The van der Waals surface area contributed by atoms with E-state index in [1.807, 2.05) is 52.0 Å². The lowest BCUT2D eigenvalue weighted by Crippen LogP contribution is -2.20. The fraction of sp³-hybridized carbons (Fsp3) is 0.611. The molecule has 0 aliphatic heterocycles. The summed E-state index contributed by atoms with van der Waals surface area (Å²) in [5.74, 6) is 0.0106. The number of Topliss-reactive ketones (excluding diaryl/α,β-unsaturated/α-hetero) is 1. The van der Waals surface area contributed by atoms with Crippen LogP contribution in [0.1, 0.15) is 50.5 Å². The Morgan fingerprint density at radius 2 is 1.68 bits per heavy atom. The summed E-state index contributed by atoms with van der Waals surface area (Å²) in [7, 11) is 1.68. The van der Waals surface area contributed by atoms with E-state index in [-0.39, 0.29) is 23.9 Å². The second-order valence-corrected chi connectivity index (χ2v) is 5.51.